The summed E-state index contributed by atoms with van der Waals surface area (Å²) in [5.41, 5.74) is 10.2. The molecule has 5 atom stereocenters. The van der Waals surface area contributed by atoms with E-state index in [0.717, 1.165) is 101 Å². The zero-order valence-corrected chi connectivity index (χ0v) is 42.6. The number of hydrogen-bond donors (Lipinski definition) is 4. The molecule has 0 radical (unpaired) electrons. The van der Waals surface area contributed by atoms with Gasteiger partial charge in [0, 0.05) is 49.2 Å². The summed E-state index contributed by atoms with van der Waals surface area (Å²) in [5, 5.41) is 5.90. The topological polar surface area (TPSA) is 166 Å². The second-order valence-corrected chi connectivity index (χ2v) is 20.2. The Labute approximate surface area is 423 Å². The van der Waals surface area contributed by atoms with Crippen molar-refractivity contribution in [2.75, 3.05) is 45.3 Å². The van der Waals surface area contributed by atoms with Crippen molar-refractivity contribution in [3.8, 4) is 28.2 Å². The van der Waals surface area contributed by atoms with E-state index in [1.807, 2.05) is 49.9 Å². The van der Waals surface area contributed by atoms with Crippen LogP contribution >= 0.6 is 0 Å². The van der Waals surface area contributed by atoms with E-state index in [1.165, 1.54) is 32.1 Å². The van der Waals surface area contributed by atoms with Crippen LogP contribution in [0.3, 0.4) is 0 Å². The number of rotatable bonds is 16. The Kier molecular flexibility index (Phi) is 14.9. The number of piperidine rings is 1. The van der Waals surface area contributed by atoms with Gasteiger partial charge in [-0.15, -0.1) is 0 Å². The number of anilines is 1. The fourth-order valence-electron chi connectivity index (χ4n) is 10.8. The first-order valence-electron chi connectivity index (χ1n) is 25.6. The van der Waals surface area contributed by atoms with Crippen LogP contribution in [0.1, 0.15) is 114 Å². The van der Waals surface area contributed by atoms with Crippen LogP contribution in [-0.2, 0) is 19.1 Å². The summed E-state index contributed by atoms with van der Waals surface area (Å²) in [4.78, 5) is 62.8. The van der Waals surface area contributed by atoms with Crippen LogP contribution in [0.4, 0.5) is 10.5 Å². The molecule has 0 bridgehead atoms. The summed E-state index contributed by atoms with van der Waals surface area (Å²) in [5.74, 6) is 1.56. The smallest absolute Gasteiger partial charge is 0.407 e. The number of likely N-dealkylation sites (tertiary alicyclic amines) is 2. The van der Waals surface area contributed by atoms with E-state index >= 15 is 0 Å². The van der Waals surface area contributed by atoms with Gasteiger partial charge in [0.1, 0.15) is 23.7 Å². The van der Waals surface area contributed by atoms with E-state index in [1.54, 1.807) is 7.11 Å². The van der Waals surface area contributed by atoms with Crippen molar-refractivity contribution in [2.24, 2.45) is 11.8 Å². The highest BCUT2D eigenvalue weighted by molar-refractivity contribution is 5.86. The number of benzene rings is 2. The second kappa shape index (κ2) is 21.6. The third-order valence-electron chi connectivity index (χ3n) is 14.9. The molecule has 3 saturated heterocycles. The molecule has 3 amide bonds. The summed E-state index contributed by atoms with van der Waals surface area (Å²) < 4.78 is 12.4. The number of nitrogens with zero attached hydrogens (tertiary/aromatic N) is 6. The Morgan fingerprint density at radius 2 is 1.25 bits per heavy atom. The zero-order valence-electron chi connectivity index (χ0n) is 42.6. The third kappa shape index (κ3) is 10.2. The van der Waals surface area contributed by atoms with Crippen LogP contribution in [0.25, 0.3) is 33.8 Å². The SMILES string of the molecule is C=C(N[C@H](C(=O)N1CCC[C@H]1c1ncc(C2=CC(=C)C(c3ccc(-c4ccc(-c5cnc([C@@H]6CCCN6C(=O)[C@@H](NC(=O)OC)C(C)C)[nH]5)cc4)n3-c3ccc(N4CCCCC4)cc3)C=C2)[nH]1)C(C)C)OC. The average molecular weight is 975 g/mol. The molecule has 1 unspecified atom stereocenters. The summed E-state index contributed by atoms with van der Waals surface area (Å²) in [6.45, 7) is 19.8. The highest BCUT2D eigenvalue weighted by Crippen LogP contribution is 2.40. The first-order valence-corrected chi connectivity index (χ1v) is 25.6. The minimum absolute atomic E-state index is 0.0126. The lowest BCUT2D eigenvalue weighted by molar-refractivity contribution is -0.136. The lowest BCUT2D eigenvalue weighted by Gasteiger charge is -2.31. The number of carbonyl (C=O) groups is 3. The Morgan fingerprint density at radius 1 is 0.681 bits per heavy atom. The molecule has 3 aliphatic heterocycles. The van der Waals surface area contributed by atoms with E-state index in [4.69, 9.17) is 19.4 Å². The van der Waals surface area contributed by atoms with E-state index < -0.39 is 18.2 Å². The van der Waals surface area contributed by atoms with Gasteiger partial charge in [0.15, 0.2) is 5.88 Å². The van der Waals surface area contributed by atoms with Crippen LogP contribution in [0, 0.1) is 11.8 Å². The van der Waals surface area contributed by atoms with Crippen LogP contribution < -0.4 is 15.5 Å². The number of H-pyrrole nitrogens is 2. The molecule has 3 aromatic heterocycles. The highest BCUT2D eigenvalue weighted by Gasteiger charge is 2.39. The number of alkyl carbamates (subject to hydrolysis) is 1. The lowest BCUT2D eigenvalue weighted by Crippen LogP contribution is -2.51. The highest BCUT2D eigenvalue weighted by atomic mass is 16.5. The normalized spacial score (nSPS) is 19.9. The lowest BCUT2D eigenvalue weighted by atomic mass is 9.89. The molecule has 378 valence electrons. The van der Waals surface area contributed by atoms with Crippen molar-refractivity contribution < 1.29 is 23.9 Å². The van der Waals surface area contributed by atoms with Gasteiger partial charge in [-0.25, -0.2) is 14.8 Å². The maximum absolute atomic E-state index is 13.9. The maximum atomic E-state index is 13.9. The standard InChI is InChI=1S/C57H70N10O5/c1-35(2)51(60-38(6)71-7)55(68)65-30-12-15-50(65)54-59-34-46(62-54)41-20-25-44(37(5)32-41)48-27-26-47(67(48)43-23-21-42(22-24-43)64-28-10-9-11-29-64)40-18-16-39(17-19-40)45-33-58-53(61-45)49-14-13-31-66(49)56(69)52(36(3)4)63-57(70)72-8/h16-27,32-36,44,49-52,60H,5-6,9-15,28-31H2,1-4,7-8H3,(H,58,61)(H,59,62)(H,63,70)/t44?,49-,50-,51-,52-/m0/s1. The van der Waals surface area contributed by atoms with Gasteiger partial charge < -0.3 is 49.3 Å². The molecule has 5 aromatic rings. The number of nitrogens with one attached hydrogen (secondary N) is 4. The van der Waals surface area contributed by atoms with Crippen LogP contribution in [0.2, 0.25) is 0 Å². The fourth-order valence-corrected chi connectivity index (χ4v) is 10.8. The van der Waals surface area contributed by atoms with Gasteiger partial charge >= 0.3 is 6.09 Å². The van der Waals surface area contributed by atoms with E-state index in [9.17, 15) is 14.4 Å². The first kappa shape index (κ1) is 49.7. The van der Waals surface area contributed by atoms with Gasteiger partial charge in [0.2, 0.25) is 11.8 Å². The number of hydrogen-bond acceptors (Lipinski definition) is 9. The molecule has 6 heterocycles. The first-order chi connectivity index (χ1) is 34.8. The molecule has 72 heavy (non-hydrogen) atoms. The van der Waals surface area contributed by atoms with Crippen molar-refractivity contribution in [3.63, 3.8) is 0 Å². The van der Waals surface area contributed by atoms with E-state index in [2.05, 4.69) is 122 Å². The molecular weight excluding hydrogens is 905 g/mol. The minimum Gasteiger partial charge on any atom is -0.483 e. The molecule has 4 N–H and O–H groups in total. The van der Waals surface area contributed by atoms with Crippen molar-refractivity contribution in [1.82, 2.24) is 44.9 Å². The molecule has 9 rings (SSSR count). The number of ether oxygens (including phenoxy) is 2. The predicted octanol–water partition coefficient (Wildman–Crippen LogP) is 9.98. The van der Waals surface area contributed by atoms with E-state index in [-0.39, 0.29) is 41.7 Å². The average Bonchev–Trinajstić information content (AvgIpc) is 4.27. The number of aromatic amines is 2. The molecule has 0 spiro atoms. The molecule has 15 nitrogen and oxygen atoms in total. The Morgan fingerprint density at radius 3 is 1.83 bits per heavy atom. The Balaban J connectivity index is 0.960. The molecule has 1 aliphatic carbocycles. The second-order valence-electron chi connectivity index (χ2n) is 20.2. The quantitative estimate of drug-likeness (QED) is 0.0705. The summed E-state index contributed by atoms with van der Waals surface area (Å²) in [7, 11) is 2.85. The van der Waals surface area contributed by atoms with E-state index in [0.29, 0.717) is 19.0 Å². The van der Waals surface area contributed by atoms with Crippen molar-refractivity contribution in [3.05, 3.63) is 139 Å². The molecule has 2 aromatic carbocycles. The number of amides is 3. The van der Waals surface area contributed by atoms with Crippen LogP contribution in [0.5, 0.6) is 0 Å². The van der Waals surface area contributed by atoms with Gasteiger partial charge in [-0.1, -0.05) is 70.7 Å². The summed E-state index contributed by atoms with van der Waals surface area (Å²) in [6.07, 6.45) is 16.6. The van der Waals surface area contributed by atoms with Crippen molar-refractivity contribution in [1.29, 1.82) is 0 Å². The number of methoxy groups -OCH3 is 2. The monoisotopic (exact) mass is 975 g/mol. The largest absolute Gasteiger partial charge is 0.483 e. The van der Waals surface area contributed by atoms with Crippen molar-refractivity contribution in [2.45, 2.75) is 103 Å². The fraction of sp³-hybridized carbons (Fsp3) is 0.421. The maximum Gasteiger partial charge on any atom is 0.407 e. The van der Waals surface area contributed by atoms with Gasteiger partial charge in [0.25, 0.3) is 0 Å². The third-order valence-corrected chi connectivity index (χ3v) is 14.9. The number of aromatic nitrogens is 5. The number of imidazole rings is 2. The van der Waals surface area contributed by atoms with Gasteiger partial charge in [-0.05, 0) is 128 Å². The molecule has 3 fully saturated rings. The Bertz CT molecular complexity index is 2830. The molecule has 15 heteroatoms. The summed E-state index contributed by atoms with van der Waals surface area (Å²) in [6, 6.07) is 20.3. The number of allylic oxidation sites excluding steroid dienone is 5. The van der Waals surface area contributed by atoms with Gasteiger partial charge in [0.05, 0.1) is 55.8 Å². The van der Waals surface area contributed by atoms with Crippen molar-refractivity contribution >= 4 is 29.2 Å². The van der Waals surface area contributed by atoms with Gasteiger partial charge in [-0.2, -0.15) is 0 Å². The Hall–Kier alpha value is -7.29. The molecular formula is C57H70N10O5. The van der Waals surface area contributed by atoms with Crippen LogP contribution in [0.15, 0.2) is 116 Å². The zero-order chi connectivity index (χ0) is 50.6. The predicted molar refractivity (Wildman–Crippen MR) is 282 cm³/mol. The molecule has 0 saturated carbocycles. The van der Waals surface area contributed by atoms with Crippen LogP contribution in [-0.4, -0.2) is 105 Å². The number of carbonyl (C=O) groups excluding carboxylic acids is 3. The summed E-state index contributed by atoms with van der Waals surface area (Å²) >= 11 is 0. The molecule has 4 aliphatic rings. The minimum atomic E-state index is -0.701. The van der Waals surface area contributed by atoms with Gasteiger partial charge in [-0.3, -0.25) is 9.59 Å².